The molecule has 17 heavy (non-hydrogen) atoms. The van der Waals surface area contributed by atoms with Crippen LogP contribution in [0.25, 0.3) is 0 Å². The van der Waals surface area contributed by atoms with Crippen molar-refractivity contribution >= 4 is 11.8 Å². The highest BCUT2D eigenvalue weighted by atomic mass is 19.1. The van der Waals surface area contributed by atoms with Crippen molar-refractivity contribution in [1.29, 1.82) is 0 Å². The molecule has 2 rings (SSSR count). The number of nitrogens with zero attached hydrogens (tertiary/aromatic N) is 2. The third kappa shape index (κ3) is 2.54. The summed E-state index contributed by atoms with van der Waals surface area (Å²) in [7, 11) is 1.38. The zero-order chi connectivity index (χ0) is 12.3. The highest BCUT2D eigenvalue weighted by molar-refractivity contribution is 5.73. The lowest BCUT2D eigenvalue weighted by atomic mass is 9.98. The molecule has 0 N–H and O–H groups in total. The molecule has 4 nitrogen and oxygen atoms in total. The summed E-state index contributed by atoms with van der Waals surface area (Å²) in [5.41, 5.74) is 0. The van der Waals surface area contributed by atoms with Gasteiger partial charge in [-0.15, -0.1) is 0 Å². The molecule has 1 fully saturated rings. The van der Waals surface area contributed by atoms with Crippen molar-refractivity contribution in [1.82, 2.24) is 4.98 Å². The van der Waals surface area contributed by atoms with Crippen LogP contribution in [-0.2, 0) is 9.53 Å². The molecule has 0 aromatic carbocycles. The Labute approximate surface area is 99.4 Å². The van der Waals surface area contributed by atoms with E-state index in [9.17, 15) is 9.18 Å². The lowest BCUT2D eigenvalue weighted by molar-refractivity contribution is -0.145. The van der Waals surface area contributed by atoms with Gasteiger partial charge in [0, 0.05) is 19.3 Å². The Hall–Kier alpha value is -1.65. The molecular formula is C12H15FN2O2. The predicted molar refractivity (Wildman–Crippen MR) is 61.1 cm³/mol. The van der Waals surface area contributed by atoms with E-state index in [1.807, 2.05) is 0 Å². The molecule has 92 valence electrons. The quantitative estimate of drug-likeness (QED) is 0.734. The van der Waals surface area contributed by atoms with Crippen LogP contribution in [0.2, 0.25) is 0 Å². The second kappa shape index (κ2) is 5.12. The van der Waals surface area contributed by atoms with Gasteiger partial charge in [-0.2, -0.15) is 0 Å². The van der Waals surface area contributed by atoms with Crippen molar-refractivity contribution in [2.75, 3.05) is 25.1 Å². The van der Waals surface area contributed by atoms with Crippen LogP contribution >= 0.6 is 0 Å². The van der Waals surface area contributed by atoms with Crippen LogP contribution in [0.3, 0.4) is 0 Å². The molecule has 0 aliphatic carbocycles. The average Bonchev–Trinajstić information content (AvgIpc) is 2.38. The van der Waals surface area contributed by atoms with Gasteiger partial charge >= 0.3 is 5.97 Å². The fourth-order valence-electron chi connectivity index (χ4n) is 2.14. The molecule has 0 spiro atoms. The first-order chi connectivity index (χ1) is 8.22. The fraction of sp³-hybridized carbons (Fsp3) is 0.500. The number of pyridine rings is 1. The van der Waals surface area contributed by atoms with E-state index in [0.29, 0.717) is 12.4 Å². The van der Waals surface area contributed by atoms with Crippen LogP contribution in [0.5, 0.6) is 0 Å². The average molecular weight is 238 g/mol. The number of rotatable bonds is 2. The third-order valence-corrected chi connectivity index (χ3v) is 2.99. The van der Waals surface area contributed by atoms with Crippen LogP contribution in [0.15, 0.2) is 18.3 Å². The van der Waals surface area contributed by atoms with Gasteiger partial charge in [-0.3, -0.25) is 4.79 Å². The number of carbonyl (C=O) groups is 1. The van der Waals surface area contributed by atoms with E-state index in [1.54, 1.807) is 17.2 Å². The van der Waals surface area contributed by atoms with E-state index >= 15 is 0 Å². The summed E-state index contributed by atoms with van der Waals surface area (Å²) < 4.78 is 18.3. The second-order valence-corrected chi connectivity index (χ2v) is 4.12. The van der Waals surface area contributed by atoms with Gasteiger partial charge in [0.05, 0.1) is 13.0 Å². The van der Waals surface area contributed by atoms with E-state index < -0.39 is 0 Å². The Morgan fingerprint density at radius 3 is 3.18 bits per heavy atom. The summed E-state index contributed by atoms with van der Waals surface area (Å²) >= 11 is 0. The molecule has 1 atom stereocenters. The van der Waals surface area contributed by atoms with Crippen molar-refractivity contribution in [2.24, 2.45) is 5.92 Å². The van der Waals surface area contributed by atoms with Crippen molar-refractivity contribution in [3.05, 3.63) is 24.1 Å². The van der Waals surface area contributed by atoms with Gasteiger partial charge in [-0.05, 0) is 25.0 Å². The van der Waals surface area contributed by atoms with E-state index in [1.165, 1.54) is 13.2 Å². The standard InChI is InChI=1S/C12H15FN2O2/c1-17-12(16)9-4-3-7-15(8-9)11-10(13)5-2-6-14-11/h2,5-6,9H,3-4,7-8H2,1H3. The smallest absolute Gasteiger partial charge is 0.310 e. The monoisotopic (exact) mass is 238 g/mol. The normalized spacial score (nSPS) is 20.1. The summed E-state index contributed by atoms with van der Waals surface area (Å²) in [6, 6.07) is 2.94. The predicted octanol–water partition coefficient (Wildman–Crippen LogP) is 1.61. The van der Waals surface area contributed by atoms with Crippen LogP contribution in [0.1, 0.15) is 12.8 Å². The van der Waals surface area contributed by atoms with Crippen LogP contribution in [0, 0.1) is 11.7 Å². The number of methoxy groups -OCH3 is 1. The number of ether oxygens (including phenoxy) is 1. The molecule has 1 saturated heterocycles. The third-order valence-electron chi connectivity index (χ3n) is 2.99. The molecule has 1 aromatic rings. The first-order valence-corrected chi connectivity index (χ1v) is 5.65. The number of carbonyl (C=O) groups excluding carboxylic acids is 1. The molecule has 0 bridgehead atoms. The minimum atomic E-state index is -0.349. The SMILES string of the molecule is COC(=O)C1CCCN(c2ncccc2F)C1. The van der Waals surface area contributed by atoms with E-state index in [0.717, 1.165) is 19.4 Å². The molecular weight excluding hydrogens is 223 g/mol. The van der Waals surface area contributed by atoms with Gasteiger partial charge in [-0.25, -0.2) is 9.37 Å². The summed E-state index contributed by atoms with van der Waals surface area (Å²) in [5, 5.41) is 0. The van der Waals surface area contributed by atoms with Crippen molar-refractivity contribution in [2.45, 2.75) is 12.8 Å². The van der Waals surface area contributed by atoms with Crippen molar-refractivity contribution < 1.29 is 13.9 Å². The Morgan fingerprint density at radius 2 is 2.47 bits per heavy atom. The largest absolute Gasteiger partial charge is 0.469 e. The van der Waals surface area contributed by atoms with Crippen molar-refractivity contribution in [3.8, 4) is 0 Å². The molecule has 1 aliphatic rings. The first kappa shape index (κ1) is 11.8. The number of piperidine rings is 1. The zero-order valence-corrected chi connectivity index (χ0v) is 9.73. The van der Waals surface area contributed by atoms with Crippen LogP contribution in [0.4, 0.5) is 10.2 Å². The number of aromatic nitrogens is 1. The van der Waals surface area contributed by atoms with Gasteiger partial charge in [0.2, 0.25) is 0 Å². The van der Waals surface area contributed by atoms with Gasteiger partial charge in [-0.1, -0.05) is 0 Å². The summed E-state index contributed by atoms with van der Waals surface area (Å²) in [5.74, 6) is -0.444. The van der Waals surface area contributed by atoms with Crippen LogP contribution < -0.4 is 4.90 Å². The van der Waals surface area contributed by atoms with E-state index in [4.69, 9.17) is 4.74 Å². The highest BCUT2D eigenvalue weighted by Gasteiger charge is 2.28. The maximum atomic E-state index is 13.6. The Bertz CT molecular complexity index is 411. The molecule has 2 heterocycles. The van der Waals surface area contributed by atoms with E-state index in [2.05, 4.69) is 4.98 Å². The Morgan fingerprint density at radius 1 is 1.65 bits per heavy atom. The molecule has 0 amide bonds. The van der Waals surface area contributed by atoms with Crippen molar-refractivity contribution in [3.63, 3.8) is 0 Å². The minimum Gasteiger partial charge on any atom is -0.469 e. The molecule has 5 heteroatoms. The Kier molecular flexibility index (Phi) is 3.56. The highest BCUT2D eigenvalue weighted by Crippen LogP contribution is 2.24. The topological polar surface area (TPSA) is 42.4 Å². The van der Waals surface area contributed by atoms with Gasteiger partial charge in [0.1, 0.15) is 0 Å². The van der Waals surface area contributed by atoms with Crippen LogP contribution in [-0.4, -0.2) is 31.2 Å². The molecule has 1 aliphatic heterocycles. The number of esters is 1. The maximum absolute atomic E-state index is 13.6. The van der Waals surface area contributed by atoms with Gasteiger partial charge < -0.3 is 9.64 Å². The minimum absolute atomic E-state index is 0.185. The zero-order valence-electron chi connectivity index (χ0n) is 9.73. The van der Waals surface area contributed by atoms with Gasteiger partial charge in [0.15, 0.2) is 11.6 Å². The lowest BCUT2D eigenvalue weighted by Crippen LogP contribution is -2.40. The maximum Gasteiger partial charge on any atom is 0.310 e. The molecule has 0 saturated carbocycles. The molecule has 1 aromatic heterocycles. The van der Waals surface area contributed by atoms with E-state index in [-0.39, 0.29) is 17.7 Å². The summed E-state index contributed by atoms with van der Waals surface area (Å²) in [6.07, 6.45) is 3.19. The Balaban J connectivity index is 2.12. The summed E-state index contributed by atoms with van der Waals surface area (Å²) in [6.45, 7) is 1.20. The summed E-state index contributed by atoms with van der Waals surface area (Å²) in [4.78, 5) is 17.3. The molecule has 1 unspecified atom stereocenters. The number of hydrogen-bond acceptors (Lipinski definition) is 4. The lowest BCUT2D eigenvalue weighted by Gasteiger charge is -2.32. The number of anilines is 1. The first-order valence-electron chi connectivity index (χ1n) is 5.65. The second-order valence-electron chi connectivity index (χ2n) is 4.12. The fourth-order valence-corrected chi connectivity index (χ4v) is 2.14. The molecule has 0 radical (unpaired) electrons. The van der Waals surface area contributed by atoms with Gasteiger partial charge in [0.25, 0.3) is 0 Å². The number of halogens is 1. The number of hydrogen-bond donors (Lipinski definition) is 0.